The van der Waals surface area contributed by atoms with E-state index < -0.39 is 5.97 Å². The molecule has 2 aromatic carbocycles. The number of carboxylic acid groups (broad SMARTS) is 1. The van der Waals surface area contributed by atoms with Gasteiger partial charge in [0.1, 0.15) is 5.75 Å². The Balaban J connectivity index is 2.22. The first-order chi connectivity index (χ1) is 9.47. The molecule has 0 saturated carbocycles. The number of carbonyl (C=O) groups is 1. The number of phenols is 1. The zero-order chi connectivity index (χ0) is 14.7. The molecule has 4 nitrogen and oxygen atoms in total. The maximum absolute atomic E-state index is 11.0. The maximum atomic E-state index is 11.0. The van der Waals surface area contributed by atoms with Gasteiger partial charge in [0.2, 0.25) is 0 Å². The molecule has 3 N–H and O–H groups in total. The Bertz CT molecular complexity index is 620. The Kier molecular flexibility index (Phi) is 3.94. The van der Waals surface area contributed by atoms with Gasteiger partial charge in [-0.2, -0.15) is 0 Å². The van der Waals surface area contributed by atoms with E-state index in [1.54, 1.807) is 30.3 Å². The Hall–Kier alpha value is -2.49. The lowest BCUT2D eigenvalue weighted by atomic mass is 10.1. The van der Waals surface area contributed by atoms with Crippen LogP contribution in [0.3, 0.4) is 0 Å². The summed E-state index contributed by atoms with van der Waals surface area (Å²) in [5.74, 6) is -0.713. The molecule has 0 aliphatic carbocycles. The third kappa shape index (κ3) is 3.09. The molecule has 2 rings (SSSR count). The normalized spacial score (nSPS) is 11.9. The lowest BCUT2D eigenvalue weighted by molar-refractivity contribution is 0.0697. The Morgan fingerprint density at radius 1 is 1.15 bits per heavy atom. The molecule has 4 heteroatoms. The highest BCUT2D eigenvalue weighted by Gasteiger charge is 2.10. The predicted molar refractivity (Wildman–Crippen MR) is 78.3 cm³/mol. The summed E-state index contributed by atoms with van der Waals surface area (Å²) in [5.41, 5.74) is 3.06. The van der Waals surface area contributed by atoms with E-state index in [0.29, 0.717) is 0 Å². The van der Waals surface area contributed by atoms with Crippen LogP contribution in [0.4, 0.5) is 5.69 Å². The fraction of sp³-hybridized carbons (Fsp3) is 0.188. The SMILES string of the molecule is Cc1ccc(C(=O)O)cc1NC(C)c1ccc(O)cc1. The van der Waals surface area contributed by atoms with Crippen molar-refractivity contribution in [1.82, 2.24) is 0 Å². The van der Waals surface area contributed by atoms with Crippen molar-refractivity contribution in [3.63, 3.8) is 0 Å². The van der Waals surface area contributed by atoms with Crippen molar-refractivity contribution in [1.29, 1.82) is 0 Å². The van der Waals surface area contributed by atoms with Gasteiger partial charge < -0.3 is 15.5 Å². The van der Waals surface area contributed by atoms with E-state index >= 15 is 0 Å². The average Bonchev–Trinajstić information content (AvgIpc) is 2.41. The van der Waals surface area contributed by atoms with Crippen molar-refractivity contribution in [2.24, 2.45) is 0 Å². The maximum Gasteiger partial charge on any atom is 0.335 e. The summed E-state index contributed by atoms with van der Waals surface area (Å²) in [4.78, 5) is 11.0. The fourth-order valence-electron chi connectivity index (χ4n) is 1.99. The van der Waals surface area contributed by atoms with Crippen molar-refractivity contribution >= 4 is 11.7 Å². The third-order valence-corrected chi connectivity index (χ3v) is 3.25. The largest absolute Gasteiger partial charge is 0.508 e. The molecule has 0 bridgehead atoms. The highest BCUT2D eigenvalue weighted by molar-refractivity contribution is 5.89. The molecule has 0 aliphatic heterocycles. The number of aromatic carboxylic acids is 1. The summed E-state index contributed by atoms with van der Waals surface area (Å²) in [6.45, 7) is 3.91. The van der Waals surface area contributed by atoms with Gasteiger partial charge in [-0.05, 0) is 49.2 Å². The number of aromatic hydroxyl groups is 1. The van der Waals surface area contributed by atoms with Gasteiger partial charge in [0.15, 0.2) is 0 Å². The lowest BCUT2D eigenvalue weighted by Gasteiger charge is -2.18. The predicted octanol–water partition coefficient (Wildman–Crippen LogP) is 3.57. The smallest absolute Gasteiger partial charge is 0.335 e. The zero-order valence-electron chi connectivity index (χ0n) is 11.4. The van der Waals surface area contributed by atoms with Gasteiger partial charge in [-0.3, -0.25) is 0 Å². The second kappa shape index (κ2) is 5.65. The first-order valence-corrected chi connectivity index (χ1v) is 6.37. The van der Waals surface area contributed by atoms with Gasteiger partial charge in [-0.25, -0.2) is 4.79 Å². The van der Waals surface area contributed by atoms with E-state index in [2.05, 4.69) is 5.32 Å². The van der Waals surface area contributed by atoms with E-state index in [1.807, 2.05) is 26.0 Å². The summed E-state index contributed by atoms with van der Waals surface area (Å²) in [5, 5.41) is 21.6. The molecule has 0 radical (unpaired) electrons. The monoisotopic (exact) mass is 271 g/mol. The topological polar surface area (TPSA) is 69.6 Å². The summed E-state index contributed by atoms with van der Waals surface area (Å²) >= 11 is 0. The molecule has 0 aliphatic rings. The molecule has 1 unspecified atom stereocenters. The first-order valence-electron chi connectivity index (χ1n) is 6.37. The number of carboxylic acids is 1. The number of benzene rings is 2. The van der Waals surface area contributed by atoms with Crippen LogP contribution >= 0.6 is 0 Å². The van der Waals surface area contributed by atoms with Crippen LogP contribution < -0.4 is 5.32 Å². The van der Waals surface area contributed by atoms with Crippen LogP contribution in [0.2, 0.25) is 0 Å². The van der Waals surface area contributed by atoms with Crippen LogP contribution in [0.1, 0.15) is 34.5 Å². The minimum Gasteiger partial charge on any atom is -0.508 e. The first kappa shape index (κ1) is 13.9. The van der Waals surface area contributed by atoms with E-state index in [-0.39, 0.29) is 17.4 Å². The van der Waals surface area contributed by atoms with E-state index in [9.17, 15) is 9.90 Å². The third-order valence-electron chi connectivity index (χ3n) is 3.25. The molecule has 0 fully saturated rings. The van der Waals surface area contributed by atoms with Crippen molar-refractivity contribution in [2.75, 3.05) is 5.32 Å². The lowest BCUT2D eigenvalue weighted by Crippen LogP contribution is -2.08. The van der Waals surface area contributed by atoms with Gasteiger partial charge >= 0.3 is 5.97 Å². The van der Waals surface area contributed by atoms with Crippen LogP contribution in [0, 0.1) is 6.92 Å². The minimum absolute atomic E-state index is 0.0124. The van der Waals surface area contributed by atoms with E-state index in [0.717, 1.165) is 16.8 Å². The second-order valence-electron chi connectivity index (χ2n) is 4.79. The number of hydrogen-bond donors (Lipinski definition) is 3. The van der Waals surface area contributed by atoms with Crippen LogP contribution in [0.25, 0.3) is 0 Å². The molecule has 0 spiro atoms. The summed E-state index contributed by atoms with van der Waals surface area (Å²) in [6.07, 6.45) is 0. The fourth-order valence-corrected chi connectivity index (χ4v) is 1.99. The number of anilines is 1. The minimum atomic E-state index is -0.940. The van der Waals surface area contributed by atoms with Crippen LogP contribution in [-0.2, 0) is 0 Å². The zero-order valence-corrected chi connectivity index (χ0v) is 11.4. The molecule has 0 heterocycles. The number of phenolic OH excluding ortho intramolecular Hbond substituents is 1. The summed E-state index contributed by atoms with van der Waals surface area (Å²) in [6, 6.07) is 12.0. The number of aryl methyl sites for hydroxylation is 1. The number of rotatable bonds is 4. The van der Waals surface area contributed by atoms with Gasteiger partial charge in [-0.1, -0.05) is 18.2 Å². The van der Waals surface area contributed by atoms with Crippen LogP contribution in [0.15, 0.2) is 42.5 Å². The average molecular weight is 271 g/mol. The van der Waals surface area contributed by atoms with Crippen molar-refractivity contribution in [2.45, 2.75) is 19.9 Å². The Morgan fingerprint density at radius 3 is 2.40 bits per heavy atom. The number of nitrogens with one attached hydrogen (secondary N) is 1. The van der Waals surface area contributed by atoms with Crippen molar-refractivity contribution < 1.29 is 15.0 Å². The highest BCUT2D eigenvalue weighted by atomic mass is 16.4. The van der Waals surface area contributed by atoms with Crippen molar-refractivity contribution in [3.8, 4) is 5.75 Å². The Labute approximate surface area is 117 Å². The van der Waals surface area contributed by atoms with Crippen molar-refractivity contribution in [3.05, 3.63) is 59.2 Å². The summed E-state index contributed by atoms with van der Waals surface area (Å²) in [7, 11) is 0. The summed E-state index contributed by atoms with van der Waals surface area (Å²) < 4.78 is 0. The van der Waals surface area contributed by atoms with E-state index in [4.69, 9.17) is 5.11 Å². The standard InChI is InChI=1S/C16H17NO3/c1-10-3-4-13(16(19)20)9-15(10)17-11(2)12-5-7-14(18)8-6-12/h3-9,11,17-18H,1-2H3,(H,19,20). The molecule has 0 amide bonds. The van der Waals surface area contributed by atoms with Gasteiger partial charge in [0, 0.05) is 11.7 Å². The molecule has 1 atom stereocenters. The molecule has 104 valence electrons. The van der Waals surface area contributed by atoms with Gasteiger partial charge in [-0.15, -0.1) is 0 Å². The van der Waals surface area contributed by atoms with Gasteiger partial charge in [0.25, 0.3) is 0 Å². The number of hydrogen-bond acceptors (Lipinski definition) is 3. The molecule has 0 aromatic heterocycles. The molecular formula is C16H17NO3. The quantitative estimate of drug-likeness (QED) is 0.795. The molecule has 20 heavy (non-hydrogen) atoms. The molecule has 0 saturated heterocycles. The molecule has 2 aromatic rings. The highest BCUT2D eigenvalue weighted by Crippen LogP contribution is 2.24. The van der Waals surface area contributed by atoms with Gasteiger partial charge in [0.05, 0.1) is 5.56 Å². The van der Waals surface area contributed by atoms with Crippen LogP contribution in [-0.4, -0.2) is 16.2 Å². The second-order valence-corrected chi connectivity index (χ2v) is 4.79. The Morgan fingerprint density at radius 2 is 1.80 bits per heavy atom. The van der Waals surface area contributed by atoms with E-state index in [1.165, 1.54) is 0 Å². The van der Waals surface area contributed by atoms with Crippen LogP contribution in [0.5, 0.6) is 5.75 Å². The molecular weight excluding hydrogens is 254 g/mol.